The maximum absolute atomic E-state index is 13.0. The van der Waals surface area contributed by atoms with E-state index in [9.17, 15) is 24.7 Å². The molecule has 154 valence electrons. The average Bonchev–Trinajstić information content (AvgIpc) is 2.83. The SMILES string of the molecule is Cc1c(C)[n+]([O-])c(C(c2ccc(Cl)cc2Cl)C2C(=O)NC(=O)NC2=O)n1CCO. The molecule has 1 saturated heterocycles. The summed E-state index contributed by atoms with van der Waals surface area (Å²) in [4.78, 5) is 36.8. The third-order valence-electron chi connectivity index (χ3n) is 4.99. The fourth-order valence-electron chi connectivity index (χ4n) is 3.53. The van der Waals surface area contributed by atoms with Crippen molar-refractivity contribution in [2.75, 3.05) is 6.61 Å². The molecule has 3 N–H and O–H groups in total. The van der Waals surface area contributed by atoms with E-state index in [-0.39, 0.29) is 24.0 Å². The quantitative estimate of drug-likeness (QED) is 0.365. The number of imidazole rings is 1. The summed E-state index contributed by atoms with van der Waals surface area (Å²) in [7, 11) is 0. The van der Waals surface area contributed by atoms with Gasteiger partial charge in [0.1, 0.15) is 29.8 Å². The summed E-state index contributed by atoms with van der Waals surface area (Å²) < 4.78 is 2.15. The van der Waals surface area contributed by atoms with E-state index in [1.165, 1.54) is 22.8 Å². The first kappa shape index (κ1) is 21.1. The van der Waals surface area contributed by atoms with E-state index in [0.717, 1.165) is 0 Å². The molecule has 0 radical (unpaired) electrons. The van der Waals surface area contributed by atoms with Crippen LogP contribution < -0.4 is 15.4 Å². The molecule has 29 heavy (non-hydrogen) atoms. The summed E-state index contributed by atoms with van der Waals surface area (Å²) in [5.74, 6) is -4.26. The summed E-state index contributed by atoms with van der Waals surface area (Å²) in [6.07, 6.45) is 0. The lowest BCUT2D eigenvalue weighted by atomic mass is 9.83. The van der Waals surface area contributed by atoms with E-state index in [4.69, 9.17) is 23.2 Å². The van der Waals surface area contributed by atoms with Crippen molar-refractivity contribution in [1.82, 2.24) is 15.2 Å². The highest BCUT2D eigenvalue weighted by Crippen LogP contribution is 2.38. The summed E-state index contributed by atoms with van der Waals surface area (Å²) in [5, 5.41) is 27.1. The maximum atomic E-state index is 13.0. The lowest BCUT2D eigenvalue weighted by molar-refractivity contribution is -0.621. The highest BCUT2D eigenvalue weighted by atomic mass is 35.5. The molecule has 0 bridgehead atoms. The third kappa shape index (κ3) is 3.68. The Hall–Kier alpha value is -2.62. The number of urea groups is 1. The summed E-state index contributed by atoms with van der Waals surface area (Å²) in [6, 6.07) is 3.54. The van der Waals surface area contributed by atoms with Crippen molar-refractivity contribution in [1.29, 1.82) is 0 Å². The van der Waals surface area contributed by atoms with Crippen molar-refractivity contribution in [3.63, 3.8) is 0 Å². The van der Waals surface area contributed by atoms with Crippen molar-refractivity contribution in [3.05, 3.63) is 56.2 Å². The number of rotatable bonds is 5. The highest BCUT2D eigenvalue weighted by molar-refractivity contribution is 6.35. The standard InChI is InChI=1S/C18H18Cl2N4O5/c1-8-9(2)24(29)17(23(8)5-6-25)13(11-4-3-10(19)7-12(11)20)14-15(26)21-18(28)22-16(14)27/h3-4,7,13-14,25H,5-6H2,1-2H3,(H2,21,22,26,27,28). The molecule has 0 aliphatic carbocycles. The Bertz CT molecular complexity index is 1000. The molecular formula is C18H18Cl2N4O5. The predicted molar refractivity (Wildman–Crippen MR) is 103 cm³/mol. The number of carbonyl (C=O) groups is 3. The number of nitrogens with zero attached hydrogens (tertiary/aromatic N) is 2. The van der Waals surface area contributed by atoms with Gasteiger partial charge in [-0.15, -0.1) is 0 Å². The molecule has 1 unspecified atom stereocenters. The minimum Gasteiger partial charge on any atom is -0.711 e. The number of aliphatic hydroxyl groups excluding tert-OH is 1. The van der Waals surface area contributed by atoms with Crippen LogP contribution >= 0.6 is 23.2 Å². The number of aliphatic hydroxyl groups is 1. The van der Waals surface area contributed by atoms with E-state index < -0.39 is 29.7 Å². The molecule has 0 spiro atoms. The fourth-order valence-corrected chi connectivity index (χ4v) is 4.05. The van der Waals surface area contributed by atoms with E-state index >= 15 is 0 Å². The number of halogens is 2. The van der Waals surface area contributed by atoms with Crippen molar-refractivity contribution in [2.24, 2.45) is 5.92 Å². The molecule has 4 amide bonds. The number of barbiturate groups is 1. The van der Waals surface area contributed by atoms with Gasteiger partial charge in [-0.05, 0) is 17.7 Å². The highest BCUT2D eigenvalue weighted by Gasteiger charge is 2.47. The second-order valence-electron chi connectivity index (χ2n) is 6.63. The Kier molecular flexibility index (Phi) is 5.83. The van der Waals surface area contributed by atoms with Crippen LogP contribution in [-0.4, -0.2) is 34.1 Å². The smallest absolute Gasteiger partial charge is 0.328 e. The number of benzene rings is 1. The number of amides is 4. The summed E-state index contributed by atoms with van der Waals surface area (Å²) >= 11 is 12.3. The topological polar surface area (TPSA) is 127 Å². The Morgan fingerprint density at radius 3 is 2.38 bits per heavy atom. The summed E-state index contributed by atoms with van der Waals surface area (Å²) in [5.41, 5.74) is 1.21. The van der Waals surface area contributed by atoms with Crippen molar-refractivity contribution < 1.29 is 24.2 Å². The number of nitrogens with one attached hydrogen (secondary N) is 2. The van der Waals surface area contributed by atoms with Crippen LogP contribution in [0.25, 0.3) is 0 Å². The van der Waals surface area contributed by atoms with Gasteiger partial charge in [0.25, 0.3) is 5.82 Å². The largest absolute Gasteiger partial charge is 0.711 e. The van der Waals surface area contributed by atoms with E-state index in [1.54, 1.807) is 13.8 Å². The van der Waals surface area contributed by atoms with Crippen molar-refractivity contribution in [2.45, 2.75) is 26.3 Å². The van der Waals surface area contributed by atoms with Crippen LogP contribution in [0.15, 0.2) is 18.2 Å². The third-order valence-corrected chi connectivity index (χ3v) is 5.55. The lowest BCUT2D eigenvalue weighted by Crippen LogP contribution is -2.58. The molecule has 1 aromatic carbocycles. The van der Waals surface area contributed by atoms with Gasteiger partial charge in [0.05, 0.1) is 6.61 Å². The molecule has 9 nitrogen and oxygen atoms in total. The molecule has 2 heterocycles. The number of hydrogen-bond acceptors (Lipinski definition) is 5. The first-order valence-corrected chi connectivity index (χ1v) is 9.43. The monoisotopic (exact) mass is 440 g/mol. The van der Waals surface area contributed by atoms with Crippen molar-refractivity contribution >= 4 is 41.0 Å². The second-order valence-corrected chi connectivity index (χ2v) is 7.47. The zero-order valence-corrected chi connectivity index (χ0v) is 17.0. The zero-order valence-electron chi connectivity index (χ0n) is 15.5. The molecule has 3 rings (SSSR count). The Labute approximate surface area is 175 Å². The lowest BCUT2D eigenvalue weighted by Gasteiger charge is -2.28. The Morgan fingerprint density at radius 2 is 1.83 bits per heavy atom. The van der Waals surface area contributed by atoms with Gasteiger partial charge >= 0.3 is 6.03 Å². The molecule has 1 aromatic heterocycles. The molecule has 1 fully saturated rings. The number of hydrogen-bond donors (Lipinski definition) is 3. The van der Waals surface area contributed by atoms with Crippen LogP contribution in [0.3, 0.4) is 0 Å². The predicted octanol–water partition coefficient (Wildman–Crippen LogP) is 1.15. The van der Waals surface area contributed by atoms with E-state index in [1.807, 2.05) is 0 Å². The van der Waals surface area contributed by atoms with Crippen LogP contribution in [-0.2, 0) is 16.1 Å². The van der Waals surface area contributed by atoms with Gasteiger partial charge in [0.2, 0.25) is 11.8 Å². The number of imide groups is 2. The summed E-state index contributed by atoms with van der Waals surface area (Å²) in [6.45, 7) is 3.07. The van der Waals surface area contributed by atoms with Gasteiger partial charge in [0, 0.05) is 23.9 Å². The molecule has 11 heteroatoms. The zero-order chi connectivity index (χ0) is 21.5. The molecule has 0 saturated carbocycles. The van der Waals surface area contributed by atoms with Gasteiger partial charge in [-0.2, -0.15) is 0 Å². The van der Waals surface area contributed by atoms with Crippen LogP contribution in [0.5, 0.6) is 0 Å². The molecule has 2 aromatic rings. The molecule has 1 aliphatic heterocycles. The molecular weight excluding hydrogens is 423 g/mol. The van der Waals surface area contributed by atoms with Gasteiger partial charge < -0.3 is 10.3 Å². The molecule has 1 atom stereocenters. The Balaban J connectivity index is 2.30. The van der Waals surface area contributed by atoms with Gasteiger partial charge in [-0.3, -0.25) is 20.2 Å². The van der Waals surface area contributed by atoms with Gasteiger partial charge in [-0.1, -0.05) is 29.3 Å². The van der Waals surface area contributed by atoms with Crippen LogP contribution in [0.1, 0.15) is 28.7 Å². The maximum Gasteiger partial charge on any atom is 0.328 e. The van der Waals surface area contributed by atoms with E-state index in [2.05, 4.69) is 10.6 Å². The first-order valence-electron chi connectivity index (χ1n) is 8.68. The minimum absolute atomic E-state index is 0.0444. The van der Waals surface area contributed by atoms with E-state index in [0.29, 0.717) is 26.7 Å². The van der Waals surface area contributed by atoms with Crippen LogP contribution in [0, 0.1) is 25.0 Å². The molecule has 1 aliphatic rings. The fraction of sp³-hybridized carbons (Fsp3) is 0.333. The number of aromatic nitrogens is 2. The first-order chi connectivity index (χ1) is 13.7. The van der Waals surface area contributed by atoms with Crippen LogP contribution in [0.2, 0.25) is 10.0 Å². The number of carbonyl (C=O) groups excluding carboxylic acids is 3. The van der Waals surface area contributed by atoms with Crippen molar-refractivity contribution in [3.8, 4) is 0 Å². The van der Waals surface area contributed by atoms with Gasteiger partial charge in [0.15, 0.2) is 0 Å². The second kappa shape index (κ2) is 8.02. The minimum atomic E-state index is -1.45. The normalized spacial score (nSPS) is 16.0. The van der Waals surface area contributed by atoms with Gasteiger partial charge in [-0.25, -0.2) is 14.1 Å². The average molecular weight is 441 g/mol. The Morgan fingerprint density at radius 1 is 1.21 bits per heavy atom. The van der Waals surface area contributed by atoms with Crippen LogP contribution in [0.4, 0.5) is 4.79 Å².